The third kappa shape index (κ3) is 6.89. The fourth-order valence-corrected chi connectivity index (χ4v) is 3.56. The molecular formula is C20H28NO5P. The van der Waals surface area contributed by atoms with Crippen LogP contribution in [0.15, 0.2) is 29.8 Å². The molecule has 2 unspecified atom stereocenters. The van der Waals surface area contributed by atoms with Gasteiger partial charge in [0.2, 0.25) is 5.91 Å². The highest BCUT2D eigenvalue weighted by Crippen LogP contribution is 2.38. The van der Waals surface area contributed by atoms with E-state index in [4.69, 9.17) is 5.73 Å². The molecule has 0 aliphatic heterocycles. The van der Waals surface area contributed by atoms with Gasteiger partial charge in [0.05, 0.1) is 5.92 Å². The Morgan fingerprint density at radius 2 is 1.78 bits per heavy atom. The maximum absolute atomic E-state index is 11.6. The Balaban J connectivity index is 3.02. The van der Waals surface area contributed by atoms with Gasteiger partial charge >= 0.3 is 5.97 Å². The lowest BCUT2D eigenvalue weighted by atomic mass is 9.86. The zero-order valence-electron chi connectivity index (χ0n) is 16.2. The summed E-state index contributed by atoms with van der Waals surface area (Å²) in [5, 5.41) is 18.0. The van der Waals surface area contributed by atoms with Crippen molar-refractivity contribution >= 4 is 26.4 Å². The third-order valence-electron chi connectivity index (χ3n) is 4.42. The van der Waals surface area contributed by atoms with E-state index >= 15 is 0 Å². The quantitative estimate of drug-likeness (QED) is 0.553. The normalized spacial score (nSPS) is 16.0. The SMILES string of the molecule is CC(=Cc1ccc(C(C)(C)C)cc1)CC(O)(P=O)C(CCC(N)=O)C(=O)O. The van der Waals surface area contributed by atoms with Crippen LogP contribution in [-0.2, 0) is 19.6 Å². The average Bonchev–Trinajstić information content (AvgIpc) is 2.53. The standard InChI is InChI=1S/C20H28NO5P/c1-13(11-14-5-7-15(8-6-14)19(2,3)4)12-20(25,27-26)16(18(23)24)9-10-17(21)22/h5-8,11,16,25H,9-10,12H2,1-4H3,(H2,21,22)(H,23,24). The second-order valence-electron chi connectivity index (χ2n) is 7.91. The summed E-state index contributed by atoms with van der Waals surface area (Å²) in [4.78, 5) is 22.5. The minimum absolute atomic E-state index is 0.0358. The number of nitrogens with two attached hydrogens (primary N) is 1. The fourth-order valence-electron chi connectivity index (χ4n) is 2.88. The summed E-state index contributed by atoms with van der Waals surface area (Å²) in [5.41, 5.74) is 7.86. The summed E-state index contributed by atoms with van der Waals surface area (Å²) in [5.74, 6) is -3.35. The molecule has 2 atom stereocenters. The molecule has 1 amide bonds. The molecule has 0 aliphatic rings. The van der Waals surface area contributed by atoms with Crippen molar-refractivity contribution in [1.29, 1.82) is 0 Å². The van der Waals surface area contributed by atoms with Crippen LogP contribution in [0.1, 0.15) is 58.1 Å². The Morgan fingerprint density at radius 1 is 1.22 bits per heavy atom. The van der Waals surface area contributed by atoms with Crippen LogP contribution in [0, 0.1) is 5.92 Å². The molecule has 0 saturated carbocycles. The van der Waals surface area contributed by atoms with Crippen molar-refractivity contribution in [2.45, 2.75) is 57.7 Å². The lowest BCUT2D eigenvalue weighted by Crippen LogP contribution is -2.38. The number of amides is 1. The summed E-state index contributed by atoms with van der Waals surface area (Å²) >= 11 is 0. The number of carboxylic acid groups (broad SMARTS) is 1. The molecule has 0 fully saturated rings. The first kappa shape index (κ1) is 23.0. The van der Waals surface area contributed by atoms with Gasteiger partial charge in [0.1, 0.15) is 0 Å². The number of hydrogen-bond acceptors (Lipinski definition) is 4. The first-order valence-corrected chi connectivity index (χ1v) is 9.56. The monoisotopic (exact) mass is 393 g/mol. The zero-order chi connectivity index (χ0) is 20.8. The van der Waals surface area contributed by atoms with Gasteiger partial charge in [-0.25, -0.2) is 0 Å². The highest BCUT2D eigenvalue weighted by Gasteiger charge is 2.42. The predicted molar refractivity (Wildman–Crippen MR) is 106 cm³/mol. The van der Waals surface area contributed by atoms with Gasteiger partial charge in [-0.3, -0.25) is 14.2 Å². The molecular weight excluding hydrogens is 365 g/mol. The molecule has 6 nitrogen and oxygen atoms in total. The largest absolute Gasteiger partial charge is 0.481 e. The van der Waals surface area contributed by atoms with Crippen molar-refractivity contribution in [1.82, 2.24) is 0 Å². The summed E-state index contributed by atoms with van der Waals surface area (Å²) in [6, 6.07) is 7.92. The minimum Gasteiger partial charge on any atom is -0.481 e. The first-order valence-electron chi connectivity index (χ1n) is 8.75. The van der Waals surface area contributed by atoms with E-state index in [-0.39, 0.29) is 24.7 Å². The van der Waals surface area contributed by atoms with E-state index < -0.39 is 31.6 Å². The maximum atomic E-state index is 11.6. The van der Waals surface area contributed by atoms with E-state index in [1.54, 1.807) is 6.92 Å². The minimum atomic E-state index is -2.01. The smallest absolute Gasteiger partial charge is 0.310 e. The molecule has 4 N–H and O–H groups in total. The molecule has 1 aromatic carbocycles. The number of primary amides is 1. The van der Waals surface area contributed by atoms with Crippen LogP contribution in [0.25, 0.3) is 6.08 Å². The molecule has 7 heteroatoms. The van der Waals surface area contributed by atoms with E-state index in [0.29, 0.717) is 5.57 Å². The van der Waals surface area contributed by atoms with Crippen molar-refractivity contribution in [3.8, 4) is 0 Å². The summed E-state index contributed by atoms with van der Waals surface area (Å²) in [6.45, 7) is 8.10. The van der Waals surface area contributed by atoms with Gasteiger partial charge in [-0.2, -0.15) is 0 Å². The summed E-state index contributed by atoms with van der Waals surface area (Å²) in [7, 11) is -0.705. The van der Waals surface area contributed by atoms with Gasteiger partial charge < -0.3 is 15.9 Å². The zero-order valence-corrected chi connectivity index (χ0v) is 17.1. The topological polar surface area (TPSA) is 118 Å². The predicted octanol–water partition coefficient (Wildman–Crippen LogP) is 3.72. The van der Waals surface area contributed by atoms with E-state index in [9.17, 15) is 24.4 Å². The van der Waals surface area contributed by atoms with Crippen LogP contribution in [0.3, 0.4) is 0 Å². The average molecular weight is 393 g/mol. The molecule has 0 aromatic heterocycles. The Bertz CT molecular complexity index is 721. The van der Waals surface area contributed by atoms with E-state index in [1.165, 1.54) is 5.56 Å². The number of carbonyl (C=O) groups is 2. The molecule has 0 spiro atoms. The van der Waals surface area contributed by atoms with Crippen molar-refractivity contribution in [2.24, 2.45) is 11.7 Å². The number of aliphatic carboxylic acids is 1. The highest BCUT2D eigenvalue weighted by molar-refractivity contribution is 7.25. The van der Waals surface area contributed by atoms with E-state index in [1.807, 2.05) is 30.3 Å². The Hall–Kier alpha value is -2.04. The van der Waals surface area contributed by atoms with Gasteiger partial charge in [-0.05, 0) is 29.9 Å². The summed E-state index contributed by atoms with van der Waals surface area (Å²) < 4.78 is 11.6. The van der Waals surface area contributed by atoms with E-state index in [2.05, 4.69) is 20.8 Å². The molecule has 1 rings (SSSR count). The van der Waals surface area contributed by atoms with Gasteiger partial charge in [0.25, 0.3) is 0 Å². The van der Waals surface area contributed by atoms with Crippen LogP contribution in [-0.4, -0.2) is 27.4 Å². The van der Waals surface area contributed by atoms with E-state index in [0.717, 1.165) is 5.56 Å². The third-order valence-corrected chi connectivity index (χ3v) is 5.21. The van der Waals surface area contributed by atoms with Crippen molar-refractivity contribution in [3.63, 3.8) is 0 Å². The maximum Gasteiger partial charge on any atom is 0.310 e. The Labute approximate surface area is 161 Å². The van der Waals surface area contributed by atoms with Gasteiger partial charge in [0.15, 0.2) is 13.8 Å². The number of aliphatic hydroxyl groups is 1. The molecule has 1 aromatic rings. The van der Waals surface area contributed by atoms with Crippen molar-refractivity contribution < 1.29 is 24.4 Å². The van der Waals surface area contributed by atoms with Crippen LogP contribution in [0.4, 0.5) is 0 Å². The lowest BCUT2D eigenvalue weighted by Gasteiger charge is -2.27. The number of carbonyl (C=O) groups excluding carboxylic acids is 1. The van der Waals surface area contributed by atoms with Gasteiger partial charge in [-0.15, -0.1) is 0 Å². The number of hydrogen-bond donors (Lipinski definition) is 3. The van der Waals surface area contributed by atoms with Crippen LogP contribution in [0.5, 0.6) is 0 Å². The summed E-state index contributed by atoms with van der Waals surface area (Å²) in [6.07, 6.45) is 1.33. The Kier molecular flexibility index (Phi) is 7.88. The highest BCUT2D eigenvalue weighted by atomic mass is 31.1. The number of rotatable bonds is 9. The molecule has 0 radical (unpaired) electrons. The molecule has 0 heterocycles. The van der Waals surface area contributed by atoms with Crippen molar-refractivity contribution in [3.05, 3.63) is 41.0 Å². The molecule has 27 heavy (non-hydrogen) atoms. The fraction of sp³-hybridized carbons (Fsp3) is 0.500. The lowest BCUT2D eigenvalue weighted by molar-refractivity contribution is -0.147. The Morgan fingerprint density at radius 3 is 2.19 bits per heavy atom. The van der Waals surface area contributed by atoms with Crippen LogP contribution in [0.2, 0.25) is 0 Å². The number of benzene rings is 1. The molecule has 148 valence electrons. The van der Waals surface area contributed by atoms with Crippen LogP contribution >= 0.6 is 8.46 Å². The second-order valence-corrected chi connectivity index (χ2v) is 8.86. The van der Waals surface area contributed by atoms with Crippen molar-refractivity contribution in [2.75, 3.05) is 0 Å². The molecule has 0 bridgehead atoms. The van der Waals surface area contributed by atoms with Crippen LogP contribution < -0.4 is 5.73 Å². The van der Waals surface area contributed by atoms with Gasteiger partial charge in [0, 0.05) is 12.8 Å². The van der Waals surface area contributed by atoms with Gasteiger partial charge in [-0.1, -0.05) is 56.7 Å². The molecule has 0 saturated heterocycles. The first-order chi connectivity index (χ1) is 12.4. The second kappa shape index (κ2) is 9.25. The molecule has 0 aliphatic carbocycles. The number of carboxylic acids is 1.